The number of nitrogens with two attached hydrogens (primary N) is 1. The molecule has 17 heavy (non-hydrogen) atoms. The summed E-state index contributed by atoms with van der Waals surface area (Å²) in [5.74, 6) is 1.05. The maximum atomic E-state index is 6.12. The summed E-state index contributed by atoms with van der Waals surface area (Å²) in [6.07, 6.45) is 0.935. The van der Waals surface area contributed by atoms with E-state index < -0.39 is 0 Å². The average Bonchev–Trinajstić information content (AvgIpc) is 2.63. The zero-order valence-corrected chi connectivity index (χ0v) is 13.1. The number of halogens is 2. The Bertz CT molecular complexity index is 422. The highest BCUT2D eigenvalue weighted by Crippen LogP contribution is 2.43. The van der Waals surface area contributed by atoms with Gasteiger partial charge in [-0.05, 0) is 44.4 Å². The minimum atomic E-state index is -0.127. The quantitative estimate of drug-likeness (QED) is 0.632. The first-order chi connectivity index (χ1) is 7.39. The Labute approximate surface area is 117 Å². The van der Waals surface area contributed by atoms with Crippen LogP contribution in [0, 0.1) is 20.8 Å². The first-order valence-electron chi connectivity index (χ1n) is 5.52. The van der Waals surface area contributed by atoms with E-state index in [0.29, 0.717) is 0 Å². The van der Waals surface area contributed by atoms with Crippen molar-refractivity contribution in [2.45, 2.75) is 39.7 Å². The van der Waals surface area contributed by atoms with Crippen LogP contribution in [0.3, 0.4) is 0 Å². The summed E-state index contributed by atoms with van der Waals surface area (Å²) in [4.78, 5) is 0. The van der Waals surface area contributed by atoms with Gasteiger partial charge in [0.2, 0.25) is 0 Å². The van der Waals surface area contributed by atoms with Crippen molar-refractivity contribution < 1.29 is 4.74 Å². The van der Waals surface area contributed by atoms with E-state index in [0.717, 1.165) is 28.8 Å². The van der Waals surface area contributed by atoms with Gasteiger partial charge in [0.15, 0.2) is 0 Å². The Hall–Kier alpha value is -0.410. The number of hydrogen-bond donors (Lipinski definition) is 1. The standard InChI is InChI=1S/C13H18BrNO.ClH/c1-7-8(2)12-10(9(3)11(7)15)5-13(4,6-14)16-12;/h5-6,15H2,1-4H3;1H. The first kappa shape index (κ1) is 14.7. The molecule has 0 radical (unpaired) electrons. The van der Waals surface area contributed by atoms with Gasteiger partial charge in [-0.3, -0.25) is 0 Å². The van der Waals surface area contributed by atoms with Crippen LogP contribution in [0.15, 0.2) is 0 Å². The lowest BCUT2D eigenvalue weighted by molar-refractivity contribution is 0.144. The van der Waals surface area contributed by atoms with Gasteiger partial charge in [-0.25, -0.2) is 0 Å². The summed E-state index contributed by atoms with van der Waals surface area (Å²) in [5.41, 5.74) is 11.7. The van der Waals surface area contributed by atoms with Gasteiger partial charge in [0.05, 0.1) is 0 Å². The van der Waals surface area contributed by atoms with E-state index in [1.165, 1.54) is 16.7 Å². The van der Waals surface area contributed by atoms with Crippen molar-refractivity contribution in [1.29, 1.82) is 0 Å². The molecule has 2 rings (SSSR count). The van der Waals surface area contributed by atoms with E-state index >= 15 is 0 Å². The van der Waals surface area contributed by atoms with E-state index in [4.69, 9.17) is 10.5 Å². The van der Waals surface area contributed by atoms with Gasteiger partial charge in [-0.1, -0.05) is 15.9 Å². The summed E-state index contributed by atoms with van der Waals surface area (Å²) in [6.45, 7) is 8.37. The molecule has 1 aromatic carbocycles. The molecule has 2 N–H and O–H groups in total. The van der Waals surface area contributed by atoms with Crippen LogP contribution in [0.4, 0.5) is 5.69 Å². The van der Waals surface area contributed by atoms with Crippen molar-refractivity contribution in [3.8, 4) is 5.75 Å². The number of alkyl halides is 1. The van der Waals surface area contributed by atoms with Crippen molar-refractivity contribution in [3.05, 3.63) is 22.3 Å². The second kappa shape index (κ2) is 4.69. The molecular formula is C13H19BrClNO. The lowest BCUT2D eigenvalue weighted by Crippen LogP contribution is -2.32. The molecule has 1 aromatic rings. The Kier molecular flexibility index (Phi) is 4.04. The second-order valence-electron chi connectivity index (χ2n) is 4.96. The molecule has 0 saturated carbocycles. The monoisotopic (exact) mass is 319 g/mol. The van der Waals surface area contributed by atoms with Gasteiger partial charge < -0.3 is 10.5 Å². The van der Waals surface area contributed by atoms with Gasteiger partial charge in [0.25, 0.3) is 0 Å². The van der Waals surface area contributed by atoms with Crippen LogP contribution in [0.25, 0.3) is 0 Å². The molecule has 0 fully saturated rings. The molecule has 0 bridgehead atoms. The van der Waals surface area contributed by atoms with E-state index in [2.05, 4.69) is 43.6 Å². The summed E-state index contributed by atoms with van der Waals surface area (Å²) >= 11 is 3.52. The fraction of sp³-hybridized carbons (Fsp3) is 0.538. The van der Waals surface area contributed by atoms with Crippen LogP contribution >= 0.6 is 28.3 Å². The lowest BCUT2D eigenvalue weighted by Gasteiger charge is -2.21. The molecule has 4 heteroatoms. The number of hydrogen-bond acceptors (Lipinski definition) is 2. The highest BCUT2D eigenvalue weighted by molar-refractivity contribution is 9.09. The normalized spacial score (nSPS) is 21.7. The Morgan fingerprint density at radius 1 is 1.24 bits per heavy atom. The molecule has 0 saturated heterocycles. The Balaban J connectivity index is 0.00000144. The van der Waals surface area contributed by atoms with Gasteiger partial charge in [-0.2, -0.15) is 0 Å². The third-order valence-corrected chi connectivity index (χ3v) is 4.81. The van der Waals surface area contributed by atoms with E-state index in [-0.39, 0.29) is 18.0 Å². The zero-order valence-electron chi connectivity index (χ0n) is 10.7. The van der Waals surface area contributed by atoms with Gasteiger partial charge in [-0.15, -0.1) is 12.4 Å². The molecule has 1 atom stereocenters. The highest BCUT2D eigenvalue weighted by Gasteiger charge is 2.36. The average molecular weight is 321 g/mol. The van der Waals surface area contributed by atoms with Crippen molar-refractivity contribution in [3.63, 3.8) is 0 Å². The third-order valence-electron chi connectivity index (χ3n) is 3.62. The van der Waals surface area contributed by atoms with Crippen molar-refractivity contribution in [1.82, 2.24) is 0 Å². The van der Waals surface area contributed by atoms with Crippen LogP contribution in [-0.2, 0) is 6.42 Å². The number of fused-ring (bicyclic) bond motifs is 1. The fourth-order valence-electron chi connectivity index (χ4n) is 2.29. The molecule has 1 aliphatic rings. The zero-order chi connectivity index (χ0) is 12.1. The van der Waals surface area contributed by atoms with Crippen molar-refractivity contribution >= 4 is 34.0 Å². The predicted octanol–water partition coefficient (Wildman–Crippen LogP) is 3.70. The molecule has 0 amide bonds. The number of ether oxygens (including phenoxy) is 1. The third kappa shape index (κ3) is 2.15. The maximum absolute atomic E-state index is 6.12. The SMILES string of the molecule is Cc1c(C)c2c(c(C)c1N)CC(C)(CBr)O2.Cl. The minimum Gasteiger partial charge on any atom is -0.486 e. The van der Waals surface area contributed by atoms with Crippen LogP contribution in [0.2, 0.25) is 0 Å². The number of benzene rings is 1. The summed E-state index contributed by atoms with van der Waals surface area (Å²) < 4.78 is 6.09. The molecule has 1 unspecified atom stereocenters. The lowest BCUT2D eigenvalue weighted by atomic mass is 9.93. The molecular weight excluding hydrogens is 302 g/mol. The van der Waals surface area contributed by atoms with Crippen LogP contribution < -0.4 is 10.5 Å². The Morgan fingerprint density at radius 2 is 1.82 bits per heavy atom. The predicted molar refractivity (Wildman–Crippen MR) is 78.8 cm³/mol. The molecule has 1 aliphatic heterocycles. The number of anilines is 1. The summed E-state index contributed by atoms with van der Waals surface area (Å²) in [7, 11) is 0. The molecule has 0 aliphatic carbocycles. The minimum absolute atomic E-state index is 0. The molecule has 96 valence electrons. The Morgan fingerprint density at radius 3 is 2.35 bits per heavy atom. The van der Waals surface area contributed by atoms with Crippen LogP contribution in [-0.4, -0.2) is 10.9 Å². The van der Waals surface area contributed by atoms with Crippen LogP contribution in [0.1, 0.15) is 29.2 Å². The smallest absolute Gasteiger partial charge is 0.127 e. The number of nitrogen functional groups attached to an aromatic ring is 1. The molecule has 2 nitrogen and oxygen atoms in total. The topological polar surface area (TPSA) is 35.2 Å². The van der Waals surface area contributed by atoms with Crippen molar-refractivity contribution in [2.24, 2.45) is 0 Å². The molecule has 0 aromatic heterocycles. The number of rotatable bonds is 1. The van der Waals surface area contributed by atoms with E-state index in [1.54, 1.807) is 0 Å². The second-order valence-corrected chi connectivity index (χ2v) is 5.52. The van der Waals surface area contributed by atoms with Crippen LogP contribution in [0.5, 0.6) is 5.75 Å². The summed E-state index contributed by atoms with van der Waals surface area (Å²) in [6, 6.07) is 0. The van der Waals surface area contributed by atoms with Gasteiger partial charge in [0, 0.05) is 23.0 Å². The van der Waals surface area contributed by atoms with Gasteiger partial charge >= 0.3 is 0 Å². The van der Waals surface area contributed by atoms with E-state index in [9.17, 15) is 0 Å². The largest absolute Gasteiger partial charge is 0.486 e. The van der Waals surface area contributed by atoms with Gasteiger partial charge in [0.1, 0.15) is 11.4 Å². The molecule has 0 spiro atoms. The fourth-order valence-corrected chi connectivity index (χ4v) is 2.61. The van der Waals surface area contributed by atoms with Crippen molar-refractivity contribution in [2.75, 3.05) is 11.1 Å². The summed E-state index contributed by atoms with van der Waals surface area (Å²) in [5, 5.41) is 0.840. The highest BCUT2D eigenvalue weighted by atomic mass is 79.9. The maximum Gasteiger partial charge on any atom is 0.127 e. The molecule has 1 heterocycles. The van der Waals surface area contributed by atoms with E-state index in [1.807, 2.05) is 0 Å². The first-order valence-corrected chi connectivity index (χ1v) is 6.65.